The van der Waals surface area contributed by atoms with E-state index < -0.39 is 11.9 Å². The van der Waals surface area contributed by atoms with E-state index in [1.807, 2.05) is 0 Å². The molecule has 2 fully saturated rings. The van der Waals surface area contributed by atoms with Crippen LogP contribution >= 0.6 is 0 Å². The lowest BCUT2D eigenvalue weighted by molar-refractivity contribution is -0.153. The van der Waals surface area contributed by atoms with Gasteiger partial charge in [-0.1, -0.05) is 33.6 Å². The summed E-state index contributed by atoms with van der Waals surface area (Å²) >= 11 is 0. The van der Waals surface area contributed by atoms with Crippen molar-refractivity contribution in [2.24, 2.45) is 23.2 Å². The van der Waals surface area contributed by atoms with Gasteiger partial charge in [0.05, 0.1) is 11.8 Å². The van der Waals surface area contributed by atoms with E-state index in [-0.39, 0.29) is 23.3 Å². The fourth-order valence-corrected chi connectivity index (χ4v) is 3.74. The van der Waals surface area contributed by atoms with Gasteiger partial charge in [0.2, 0.25) is 5.91 Å². The molecule has 2 rings (SSSR count). The summed E-state index contributed by atoms with van der Waals surface area (Å²) in [5.41, 5.74) is 0.185. The molecule has 2 N–H and O–H groups in total. The van der Waals surface area contributed by atoms with E-state index in [9.17, 15) is 9.59 Å². The van der Waals surface area contributed by atoms with Crippen LogP contribution in [-0.2, 0) is 9.59 Å². The lowest BCUT2D eigenvalue weighted by Crippen LogP contribution is -2.52. The SMILES string of the molecule is CC(C)(C)C1CCCCC1NC(=O)C1CCC1C(=O)O. The van der Waals surface area contributed by atoms with Crippen LogP contribution in [0.4, 0.5) is 0 Å². The van der Waals surface area contributed by atoms with Crippen LogP contribution in [0.3, 0.4) is 0 Å². The lowest BCUT2D eigenvalue weighted by Gasteiger charge is -2.42. The van der Waals surface area contributed by atoms with Crippen molar-refractivity contribution in [2.45, 2.75) is 65.3 Å². The number of hydrogen-bond acceptors (Lipinski definition) is 2. The molecule has 114 valence electrons. The Hall–Kier alpha value is -1.06. The van der Waals surface area contributed by atoms with Gasteiger partial charge in [-0.3, -0.25) is 9.59 Å². The van der Waals surface area contributed by atoms with Crippen molar-refractivity contribution in [3.63, 3.8) is 0 Å². The van der Waals surface area contributed by atoms with Gasteiger partial charge in [-0.2, -0.15) is 0 Å². The van der Waals surface area contributed by atoms with Crippen molar-refractivity contribution >= 4 is 11.9 Å². The first-order valence-electron chi connectivity index (χ1n) is 7.84. The molecule has 20 heavy (non-hydrogen) atoms. The molecule has 4 unspecified atom stereocenters. The molecule has 0 aromatic rings. The number of nitrogens with one attached hydrogen (secondary N) is 1. The Labute approximate surface area is 121 Å². The van der Waals surface area contributed by atoms with Crippen molar-refractivity contribution in [1.29, 1.82) is 0 Å². The van der Waals surface area contributed by atoms with Gasteiger partial charge >= 0.3 is 5.97 Å². The molecular weight excluding hydrogens is 254 g/mol. The fourth-order valence-electron chi connectivity index (χ4n) is 3.74. The first-order chi connectivity index (χ1) is 9.30. The second-order valence-electron chi connectivity index (χ2n) is 7.50. The van der Waals surface area contributed by atoms with Gasteiger partial charge in [0.1, 0.15) is 0 Å². The summed E-state index contributed by atoms with van der Waals surface area (Å²) in [4.78, 5) is 23.3. The van der Waals surface area contributed by atoms with Crippen LogP contribution in [0.15, 0.2) is 0 Å². The van der Waals surface area contributed by atoms with Crippen LogP contribution in [0.5, 0.6) is 0 Å². The van der Waals surface area contributed by atoms with Crippen LogP contribution in [-0.4, -0.2) is 23.0 Å². The van der Waals surface area contributed by atoms with Gasteiger partial charge in [-0.25, -0.2) is 0 Å². The Morgan fingerprint density at radius 2 is 1.60 bits per heavy atom. The smallest absolute Gasteiger partial charge is 0.307 e. The maximum Gasteiger partial charge on any atom is 0.307 e. The molecule has 0 heterocycles. The fraction of sp³-hybridized carbons (Fsp3) is 0.875. The summed E-state index contributed by atoms with van der Waals surface area (Å²) < 4.78 is 0. The quantitative estimate of drug-likeness (QED) is 0.836. The van der Waals surface area contributed by atoms with Crippen LogP contribution < -0.4 is 5.32 Å². The largest absolute Gasteiger partial charge is 0.481 e. The van der Waals surface area contributed by atoms with Gasteiger partial charge in [-0.05, 0) is 37.0 Å². The predicted molar refractivity (Wildman–Crippen MR) is 77.2 cm³/mol. The van der Waals surface area contributed by atoms with Crippen molar-refractivity contribution in [3.05, 3.63) is 0 Å². The van der Waals surface area contributed by atoms with Gasteiger partial charge in [0, 0.05) is 6.04 Å². The molecule has 0 spiro atoms. The first-order valence-corrected chi connectivity index (χ1v) is 7.84. The van der Waals surface area contributed by atoms with E-state index in [1.54, 1.807) is 0 Å². The number of rotatable bonds is 3. The van der Waals surface area contributed by atoms with Crippen LogP contribution in [0.1, 0.15) is 59.3 Å². The number of carbonyl (C=O) groups excluding carboxylic acids is 1. The van der Waals surface area contributed by atoms with E-state index in [0.29, 0.717) is 12.3 Å². The highest BCUT2D eigenvalue weighted by atomic mass is 16.4. The van der Waals surface area contributed by atoms with Gasteiger partial charge in [0.15, 0.2) is 0 Å². The monoisotopic (exact) mass is 281 g/mol. The highest BCUT2D eigenvalue weighted by Crippen LogP contribution is 2.39. The van der Waals surface area contributed by atoms with Crippen molar-refractivity contribution in [3.8, 4) is 0 Å². The average Bonchev–Trinajstić information content (AvgIpc) is 2.25. The Morgan fingerprint density at radius 1 is 1.00 bits per heavy atom. The third-order valence-corrected chi connectivity index (χ3v) is 5.13. The van der Waals surface area contributed by atoms with Gasteiger partial charge in [0.25, 0.3) is 0 Å². The predicted octanol–water partition coefficient (Wildman–Crippen LogP) is 2.82. The summed E-state index contributed by atoms with van der Waals surface area (Å²) in [6.45, 7) is 6.68. The van der Waals surface area contributed by atoms with Crippen LogP contribution in [0.25, 0.3) is 0 Å². The van der Waals surface area contributed by atoms with Crippen LogP contribution in [0.2, 0.25) is 0 Å². The minimum Gasteiger partial charge on any atom is -0.481 e. The van der Waals surface area contributed by atoms with E-state index in [0.717, 1.165) is 25.7 Å². The normalized spacial score (nSPS) is 34.1. The molecule has 0 radical (unpaired) electrons. The molecule has 1 amide bonds. The maximum atomic E-state index is 12.3. The zero-order valence-corrected chi connectivity index (χ0v) is 12.8. The Kier molecular flexibility index (Phi) is 4.40. The number of carbonyl (C=O) groups is 2. The van der Waals surface area contributed by atoms with E-state index >= 15 is 0 Å². The molecule has 4 atom stereocenters. The molecule has 2 aliphatic carbocycles. The summed E-state index contributed by atoms with van der Waals surface area (Å²) in [5.74, 6) is -1.15. The molecule has 0 aromatic heterocycles. The van der Waals surface area contributed by atoms with E-state index in [4.69, 9.17) is 5.11 Å². The molecule has 4 heteroatoms. The molecule has 2 saturated carbocycles. The Balaban J connectivity index is 1.97. The summed E-state index contributed by atoms with van der Waals surface area (Å²) in [7, 11) is 0. The summed E-state index contributed by atoms with van der Waals surface area (Å²) in [5, 5.41) is 12.2. The maximum absolute atomic E-state index is 12.3. The summed E-state index contributed by atoms with van der Waals surface area (Å²) in [6, 6.07) is 0.214. The molecular formula is C16H27NO3. The summed E-state index contributed by atoms with van der Waals surface area (Å²) in [6.07, 6.45) is 5.93. The standard InChI is InChI=1S/C16H27NO3/c1-16(2,3)12-6-4-5-7-13(12)17-14(18)10-8-9-11(10)15(19)20/h10-13H,4-9H2,1-3H3,(H,17,18)(H,19,20). The Bertz CT molecular complexity index is 386. The lowest BCUT2D eigenvalue weighted by atomic mass is 9.68. The van der Waals surface area contributed by atoms with Gasteiger partial charge in [-0.15, -0.1) is 0 Å². The molecule has 0 saturated heterocycles. The minimum atomic E-state index is -0.826. The number of aliphatic carboxylic acids is 1. The van der Waals surface area contributed by atoms with E-state index in [2.05, 4.69) is 26.1 Å². The molecule has 4 nitrogen and oxygen atoms in total. The van der Waals surface area contributed by atoms with E-state index in [1.165, 1.54) is 6.42 Å². The molecule has 2 aliphatic rings. The zero-order chi connectivity index (χ0) is 14.9. The topological polar surface area (TPSA) is 66.4 Å². The first kappa shape index (κ1) is 15.3. The van der Waals surface area contributed by atoms with Crippen molar-refractivity contribution in [1.82, 2.24) is 5.32 Å². The molecule has 0 bridgehead atoms. The highest BCUT2D eigenvalue weighted by molar-refractivity contribution is 5.86. The number of amides is 1. The van der Waals surface area contributed by atoms with Gasteiger partial charge < -0.3 is 10.4 Å². The zero-order valence-electron chi connectivity index (χ0n) is 12.8. The Morgan fingerprint density at radius 3 is 2.10 bits per heavy atom. The average molecular weight is 281 g/mol. The second-order valence-corrected chi connectivity index (χ2v) is 7.50. The third kappa shape index (κ3) is 3.15. The third-order valence-electron chi connectivity index (χ3n) is 5.13. The minimum absolute atomic E-state index is 0.0372. The second kappa shape index (κ2) is 5.74. The molecule has 0 aliphatic heterocycles. The van der Waals surface area contributed by atoms with Crippen LogP contribution in [0, 0.1) is 23.2 Å². The highest BCUT2D eigenvalue weighted by Gasteiger charge is 2.43. The van der Waals surface area contributed by atoms with Crippen molar-refractivity contribution in [2.75, 3.05) is 0 Å². The number of hydrogen-bond donors (Lipinski definition) is 2. The van der Waals surface area contributed by atoms with Crippen molar-refractivity contribution < 1.29 is 14.7 Å². The molecule has 0 aromatic carbocycles. The number of carboxylic acid groups (broad SMARTS) is 1. The number of carboxylic acids is 1.